The summed E-state index contributed by atoms with van der Waals surface area (Å²) in [4.78, 5) is 0. The molecule has 0 aliphatic heterocycles. The van der Waals surface area contributed by atoms with Crippen LogP contribution in [-0.2, 0) is 0 Å². The van der Waals surface area contributed by atoms with Crippen molar-refractivity contribution in [1.29, 1.82) is 0 Å². The molecule has 0 N–H and O–H groups in total. The van der Waals surface area contributed by atoms with Gasteiger partial charge in [0.1, 0.15) is 0 Å². The Morgan fingerprint density at radius 1 is 0.917 bits per heavy atom. The first-order valence-corrected chi connectivity index (χ1v) is 13.1. The SMILES string of the molecule is CC[Te]/C(=C\c1ccccc1)B(C1CCCCC1)C1CCCCC1. The van der Waals surface area contributed by atoms with Crippen LogP contribution < -0.4 is 0 Å². The van der Waals surface area contributed by atoms with Gasteiger partial charge in [0.2, 0.25) is 0 Å². The van der Waals surface area contributed by atoms with Crippen LogP contribution in [0.3, 0.4) is 0 Å². The Bertz CT molecular complexity index is 480. The van der Waals surface area contributed by atoms with Gasteiger partial charge in [-0.05, 0) is 0 Å². The van der Waals surface area contributed by atoms with E-state index in [1.807, 2.05) is 3.52 Å². The molecule has 0 unspecified atom stereocenters. The van der Waals surface area contributed by atoms with E-state index < -0.39 is 0 Å². The normalized spacial score (nSPS) is 21.0. The molecule has 24 heavy (non-hydrogen) atoms. The van der Waals surface area contributed by atoms with Crippen LogP contribution in [0.15, 0.2) is 33.9 Å². The second kappa shape index (κ2) is 10.1. The molecule has 1 aromatic carbocycles. The molecule has 0 radical (unpaired) electrons. The third-order valence-corrected chi connectivity index (χ3v) is 8.95. The molecule has 0 spiro atoms. The average molecular weight is 436 g/mol. The van der Waals surface area contributed by atoms with Gasteiger partial charge in [-0.1, -0.05) is 0 Å². The minimum atomic E-state index is 0.00404. The fourth-order valence-corrected chi connectivity index (χ4v) is 8.18. The van der Waals surface area contributed by atoms with Crippen LogP contribution >= 0.6 is 0 Å². The zero-order valence-electron chi connectivity index (χ0n) is 15.4. The van der Waals surface area contributed by atoms with Gasteiger partial charge in [0, 0.05) is 0 Å². The Balaban J connectivity index is 1.88. The van der Waals surface area contributed by atoms with Crippen molar-refractivity contribution in [3.8, 4) is 0 Å². The predicted molar refractivity (Wildman–Crippen MR) is 110 cm³/mol. The summed E-state index contributed by atoms with van der Waals surface area (Å²) < 4.78 is 3.33. The zero-order valence-corrected chi connectivity index (χ0v) is 17.7. The molecule has 2 saturated carbocycles. The first-order valence-electron chi connectivity index (χ1n) is 10.3. The van der Waals surface area contributed by atoms with Gasteiger partial charge in [-0.15, -0.1) is 0 Å². The van der Waals surface area contributed by atoms with E-state index in [0.717, 1.165) is 18.3 Å². The molecule has 0 heterocycles. The topological polar surface area (TPSA) is 0 Å². The standard InChI is InChI=1S/C22H33BTe/c1-2-24-22(18-19-12-6-3-7-13-19)23(20-14-8-4-9-15-20)21-16-10-5-11-17-21/h3,6-7,12-13,18,20-21H,2,4-5,8-11,14-17H2,1H3/b22-18-. The van der Waals surface area contributed by atoms with Crippen molar-refractivity contribution < 1.29 is 0 Å². The molecule has 1 aromatic rings. The number of benzene rings is 1. The van der Waals surface area contributed by atoms with Crippen LogP contribution in [0.1, 0.15) is 76.7 Å². The van der Waals surface area contributed by atoms with E-state index in [-0.39, 0.29) is 20.9 Å². The fourth-order valence-electron chi connectivity index (χ4n) is 4.95. The Morgan fingerprint density at radius 2 is 1.46 bits per heavy atom. The summed E-state index contributed by atoms with van der Waals surface area (Å²) in [6, 6.07) is 11.2. The predicted octanol–water partition coefficient (Wildman–Crippen LogP) is 6.87. The zero-order chi connectivity index (χ0) is 16.6. The van der Waals surface area contributed by atoms with Crippen molar-refractivity contribution in [3.63, 3.8) is 0 Å². The summed E-state index contributed by atoms with van der Waals surface area (Å²) >= 11 is 0.00404. The van der Waals surface area contributed by atoms with Crippen LogP contribution in [0.4, 0.5) is 0 Å². The molecule has 2 aliphatic rings. The molecule has 3 rings (SSSR count). The van der Waals surface area contributed by atoms with E-state index in [9.17, 15) is 0 Å². The first-order chi connectivity index (χ1) is 11.9. The van der Waals surface area contributed by atoms with Crippen molar-refractivity contribution in [2.24, 2.45) is 0 Å². The molecule has 130 valence electrons. The van der Waals surface area contributed by atoms with Gasteiger partial charge in [0.25, 0.3) is 0 Å². The average Bonchev–Trinajstić information content (AvgIpc) is 2.65. The summed E-state index contributed by atoms with van der Waals surface area (Å²) in [7, 11) is 0. The molecule has 0 saturated heterocycles. The fraction of sp³-hybridized carbons (Fsp3) is 0.636. The third-order valence-electron chi connectivity index (χ3n) is 6.06. The Morgan fingerprint density at radius 3 is 1.96 bits per heavy atom. The van der Waals surface area contributed by atoms with Crippen LogP contribution in [0, 0.1) is 0 Å². The molecule has 2 aliphatic carbocycles. The second-order valence-electron chi connectivity index (χ2n) is 7.71. The van der Waals surface area contributed by atoms with Crippen molar-refractivity contribution in [1.82, 2.24) is 0 Å². The van der Waals surface area contributed by atoms with Crippen LogP contribution in [0.2, 0.25) is 16.1 Å². The summed E-state index contributed by atoms with van der Waals surface area (Å²) in [5.74, 6) is 1.99. The summed E-state index contributed by atoms with van der Waals surface area (Å²) in [6.07, 6.45) is 17.5. The maximum absolute atomic E-state index is 2.62. The summed E-state index contributed by atoms with van der Waals surface area (Å²) in [5, 5.41) is 0. The third kappa shape index (κ3) is 5.16. The molecule has 0 amide bonds. The quantitative estimate of drug-likeness (QED) is 0.427. The van der Waals surface area contributed by atoms with Gasteiger partial charge in [-0.25, -0.2) is 0 Å². The van der Waals surface area contributed by atoms with Crippen molar-refractivity contribution in [3.05, 3.63) is 39.4 Å². The van der Waals surface area contributed by atoms with Crippen molar-refractivity contribution >= 4 is 33.7 Å². The maximum atomic E-state index is 2.62. The van der Waals surface area contributed by atoms with Gasteiger partial charge in [0.15, 0.2) is 0 Å². The number of rotatable bonds is 6. The van der Waals surface area contributed by atoms with Crippen LogP contribution in [-0.4, -0.2) is 27.6 Å². The number of hydrogen-bond acceptors (Lipinski definition) is 0. The van der Waals surface area contributed by atoms with Crippen LogP contribution in [0.25, 0.3) is 6.08 Å². The first kappa shape index (κ1) is 18.6. The minimum absolute atomic E-state index is 0.00404. The van der Waals surface area contributed by atoms with Crippen molar-refractivity contribution in [2.75, 3.05) is 0 Å². The Hall–Kier alpha value is -0.185. The van der Waals surface area contributed by atoms with Crippen LogP contribution in [0.5, 0.6) is 0 Å². The van der Waals surface area contributed by atoms with E-state index in [2.05, 4.69) is 43.3 Å². The molecule has 2 fully saturated rings. The molecule has 0 aromatic heterocycles. The van der Waals surface area contributed by atoms with Gasteiger partial charge in [0.05, 0.1) is 0 Å². The molecular weight excluding hydrogens is 403 g/mol. The molecule has 0 nitrogen and oxygen atoms in total. The molecular formula is C22H33BTe. The van der Waals surface area contributed by atoms with Gasteiger partial charge in [-0.3, -0.25) is 0 Å². The van der Waals surface area contributed by atoms with E-state index in [0.29, 0.717) is 0 Å². The summed E-state index contributed by atoms with van der Waals surface area (Å²) in [5.41, 5.74) is 1.45. The summed E-state index contributed by atoms with van der Waals surface area (Å²) in [6.45, 7) is 3.34. The molecule has 2 heteroatoms. The Kier molecular flexibility index (Phi) is 7.81. The van der Waals surface area contributed by atoms with Gasteiger partial charge >= 0.3 is 160 Å². The van der Waals surface area contributed by atoms with Crippen molar-refractivity contribution in [2.45, 2.75) is 87.2 Å². The van der Waals surface area contributed by atoms with E-state index in [4.69, 9.17) is 0 Å². The number of hydrogen-bond donors (Lipinski definition) is 0. The Labute approximate surface area is 160 Å². The molecule has 0 bridgehead atoms. The molecule has 0 atom stereocenters. The van der Waals surface area contributed by atoms with Gasteiger partial charge < -0.3 is 0 Å². The van der Waals surface area contributed by atoms with E-state index in [1.165, 1.54) is 74.2 Å². The van der Waals surface area contributed by atoms with E-state index >= 15 is 0 Å². The monoisotopic (exact) mass is 438 g/mol. The second-order valence-corrected chi connectivity index (χ2v) is 11.5. The van der Waals surface area contributed by atoms with E-state index in [1.54, 1.807) is 0 Å². The van der Waals surface area contributed by atoms with Gasteiger partial charge in [-0.2, -0.15) is 0 Å².